The average Bonchev–Trinajstić information content (AvgIpc) is 2.42. The molecule has 0 bridgehead atoms. The van der Waals surface area contributed by atoms with Crippen molar-refractivity contribution < 1.29 is 8.42 Å². The highest BCUT2D eigenvalue weighted by molar-refractivity contribution is 7.92. The molecule has 1 heterocycles. The van der Waals surface area contributed by atoms with E-state index in [0.29, 0.717) is 5.75 Å². The van der Waals surface area contributed by atoms with E-state index in [0.717, 1.165) is 32.1 Å². The van der Waals surface area contributed by atoms with E-state index in [-0.39, 0.29) is 11.3 Å². The van der Waals surface area contributed by atoms with E-state index in [9.17, 15) is 8.42 Å². The van der Waals surface area contributed by atoms with Crippen LogP contribution in [0.25, 0.3) is 0 Å². The molecule has 2 atom stereocenters. The van der Waals surface area contributed by atoms with Crippen molar-refractivity contribution >= 4 is 9.84 Å². The molecule has 1 aromatic rings. The fraction of sp³-hybridized carbons (Fsp3) is 0.600. The topological polar surface area (TPSA) is 46.2 Å². The summed E-state index contributed by atoms with van der Waals surface area (Å²) in [4.78, 5) is 0. The summed E-state index contributed by atoms with van der Waals surface area (Å²) in [7, 11) is -1.03. The van der Waals surface area contributed by atoms with Crippen molar-refractivity contribution in [3.8, 4) is 0 Å². The highest BCUT2D eigenvalue weighted by atomic mass is 32.2. The molecule has 2 rings (SSSR count). The Morgan fingerprint density at radius 2 is 2.00 bits per heavy atom. The van der Waals surface area contributed by atoms with E-state index in [1.165, 1.54) is 5.56 Å². The maximum Gasteiger partial charge on any atom is 0.154 e. The minimum atomic E-state index is -2.90. The summed E-state index contributed by atoms with van der Waals surface area (Å²) >= 11 is 0. The number of rotatable bonds is 5. The molecular formula is C15H23NO2S. The summed E-state index contributed by atoms with van der Waals surface area (Å²) in [5, 5.41) is 3.02. The SMILES string of the molecule is CNC(CCc1ccccc1)C1CCCCS1(=O)=O. The molecule has 0 aliphatic carbocycles. The van der Waals surface area contributed by atoms with E-state index < -0.39 is 9.84 Å². The van der Waals surface area contributed by atoms with Gasteiger partial charge in [-0.2, -0.15) is 0 Å². The maximum atomic E-state index is 12.2. The Labute approximate surface area is 116 Å². The smallest absolute Gasteiger partial charge is 0.154 e. The van der Waals surface area contributed by atoms with Gasteiger partial charge in [-0.3, -0.25) is 0 Å². The number of sulfone groups is 1. The van der Waals surface area contributed by atoms with E-state index in [4.69, 9.17) is 0 Å². The van der Waals surface area contributed by atoms with Gasteiger partial charge < -0.3 is 5.32 Å². The van der Waals surface area contributed by atoms with Crippen molar-refractivity contribution in [2.45, 2.75) is 43.4 Å². The molecule has 1 fully saturated rings. The highest BCUT2D eigenvalue weighted by Crippen LogP contribution is 2.24. The van der Waals surface area contributed by atoms with Gasteiger partial charge in [-0.1, -0.05) is 36.8 Å². The first-order chi connectivity index (χ1) is 9.13. The molecule has 2 unspecified atom stereocenters. The molecule has 1 saturated heterocycles. The van der Waals surface area contributed by atoms with Gasteiger partial charge in [-0.15, -0.1) is 0 Å². The lowest BCUT2D eigenvalue weighted by Gasteiger charge is -2.30. The monoisotopic (exact) mass is 281 g/mol. The van der Waals surface area contributed by atoms with Crippen LogP contribution in [0, 0.1) is 0 Å². The molecule has 4 heteroatoms. The van der Waals surface area contributed by atoms with E-state index in [2.05, 4.69) is 17.4 Å². The Kier molecular flexibility index (Phi) is 4.99. The molecule has 106 valence electrons. The van der Waals surface area contributed by atoms with Crippen molar-refractivity contribution in [3.63, 3.8) is 0 Å². The Bertz CT molecular complexity index is 484. The summed E-state index contributed by atoms with van der Waals surface area (Å²) in [5.74, 6) is 0.362. The molecular weight excluding hydrogens is 258 g/mol. The number of hydrogen-bond donors (Lipinski definition) is 1. The third-order valence-corrected chi connectivity index (χ3v) is 6.38. The lowest BCUT2D eigenvalue weighted by atomic mass is 10.00. The van der Waals surface area contributed by atoms with Gasteiger partial charge in [0.2, 0.25) is 0 Å². The van der Waals surface area contributed by atoms with Gasteiger partial charge >= 0.3 is 0 Å². The minimum absolute atomic E-state index is 0.0745. The van der Waals surface area contributed by atoms with Crippen LogP contribution in [0.1, 0.15) is 31.2 Å². The van der Waals surface area contributed by atoms with Gasteiger partial charge in [0, 0.05) is 6.04 Å². The van der Waals surface area contributed by atoms with Crippen molar-refractivity contribution in [3.05, 3.63) is 35.9 Å². The van der Waals surface area contributed by atoms with Gasteiger partial charge in [0.1, 0.15) is 0 Å². The highest BCUT2D eigenvalue weighted by Gasteiger charge is 2.34. The quantitative estimate of drug-likeness (QED) is 0.900. The lowest BCUT2D eigenvalue weighted by molar-refractivity contribution is 0.439. The minimum Gasteiger partial charge on any atom is -0.316 e. The summed E-state index contributed by atoms with van der Waals surface area (Å²) in [5.41, 5.74) is 1.27. The van der Waals surface area contributed by atoms with E-state index >= 15 is 0 Å². The first-order valence-electron chi connectivity index (χ1n) is 7.06. The molecule has 0 spiro atoms. The molecule has 1 aromatic carbocycles. The molecule has 19 heavy (non-hydrogen) atoms. The van der Waals surface area contributed by atoms with Crippen LogP contribution in [0.4, 0.5) is 0 Å². The van der Waals surface area contributed by atoms with Gasteiger partial charge in [-0.05, 0) is 38.3 Å². The second-order valence-electron chi connectivity index (χ2n) is 5.32. The zero-order valence-electron chi connectivity index (χ0n) is 11.5. The van der Waals surface area contributed by atoms with E-state index in [1.807, 2.05) is 25.2 Å². The van der Waals surface area contributed by atoms with Gasteiger partial charge in [0.15, 0.2) is 9.84 Å². The van der Waals surface area contributed by atoms with Crippen LogP contribution in [0.2, 0.25) is 0 Å². The number of hydrogen-bond acceptors (Lipinski definition) is 3. The van der Waals surface area contributed by atoms with Crippen molar-refractivity contribution in [2.75, 3.05) is 12.8 Å². The van der Waals surface area contributed by atoms with Gasteiger partial charge in [-0.25, -0.2) is 8.42 Å². The normalized spacial score (nSPS) is 23.9. The van der Waals surface area contributed by atoms with Crippen molar-refractivity contribution in [1.82, 2.24) is 5.32 Å². The van der Waals surface area contributed by atoms with Crippen LogP contribution in [0.15, 0.2) is 30.3 Å². The average molecular weight is 281 g/mol. The second-order valence-corrected chi connectivity index (χ2v) is 7.66. The third kappa shape index (κ3) is 3.80. The van der Waals surface area contributed by atoms with Crippen LogP contribution in [-0.2, 0) is 16.3 Å². The molecule has 1 aliphatic rings. The first-order valence-corrected chi connectivity index (χ1v) is 8.78. The lowest BCUT2D eigenvalue weighted by Crippen LogP contribution is -2.45. The van der Waals surface area contributed by atoms with Crippen LogP contribution in [-0.4, -0.2) is 32.5 Å². The van der Waals surface area contributed by atoms with Crippen molar-refractivity contribution in [1.29, 1.82) is 0 Å². The standard InChI is InChI=1S/C15H23NO2S/c1-16-14(11-10-13-7-3-2-4-8-13)15-9-5-6-12-19(15,17)18/h2-4,7-8,14-16H,5-6,9-12H2,1H3. The maximum absolute atomic E-state index is 12.2. The van der Waals surface area contributed by atoms with Crippen LogP contribution in [0.3, 0.4) is 0 Å². The number of aryl methyl sites for hydroxylation is 1. The zero-order valence-corrected chi connectivity index (χ0v) is 12.3. The molecule has 0 saturated carbocycles. The Hall–Kier alpha value is -0.870. The van der Waals surface area contributed by atoms with E-state index in [1.54, 1.807) is 0 Å². The zero-order chi connectivity index (χ0) is 13.7. The van der Waals surface area contributed by atoms with Gasteiger partial charge in [0.05, 0.1) is 11.0 Å². The van der Waals surface area contributed by atoms with Crippen molar-refractivity contribution in [2.24, 2.45) is 0 Å². The summed E-state index contributed by atoms with van der Waals surface area (Å²) in [6.07, 6.45) is 4.48. The summed E-state index contributed by atoms with van der Waals surface area (Å²) in [6, 6.07) is 10.3. The fourth-order valence-electron chi connectivity index (χ4n) is 2.91. The Morgan fingerprint density at radius 1 is 1.26 bits per heavy atom. The second kappa shape index (κ2) is 6.53. The molecule has 0 amide bonds. The predicted molar refractivity (Wildman–Crippen MR) is 79.0 cm³/mol. The van der Waals surface area contributed by atoms with Crippen LogP contribution < -0.4 is 5.32 Å². The van der Waals surface area contributed by atoms with Gasteiger partial charge in [0.25, 0.3) is 0 Å². The van der Waals surface area contributed by atoms with Crippen LogP contribution >= 0.6 is 0 Å². The fourth-order valence-corrected chi connectivity index (χ4v) is 5.12. The van der Waals surface area contributed by atoms with Crippen LogP contribution in [0.5, 0.6) is 0 Å². The largest absolute Gasteiger partial charge is 0.316 e. The predicted octanol–water partition coefficient (Wildman–Crippen LogP) is 2.17. The number of nitrogens with one attached hydrogen (secondary N) is 1. The molecule has 1 N–H and O–H groups in total. The molecule has 1 aliphatic heterocycles. The summed E-state index contributed by atoms with van der Waals surface area (Å²) in [6.45, 7) is 0. The molecule has 3 nitrogen and oxygen atoms in total. The molecule has 0 aromatic heterocycles. The Morgan fingerprint density at radius 3 is 2.63 bits per heavy atom. The first kappa shape index (κ1) is 14.5. The third-order valence-electron chi connectivity index (χ3n) is 4.04. The Balaban J connectivity index is 2.00. The number of benzene rings is 1. The molecule has 0 radical (unpaired) electrons. The summed E-state index contributed by atoms with van der Waals surface area (Å²) < 4.78 is 24.3.